The van der Waals surface area contributed by atoms with Crippen LogP contribution in [-0.2, 0) is 13.1 Å². The van der Waals surface area contributed by atoms with Gasteiger partial charge in [-0.05, 0) is 36.0 Å². The number of phenolic OH excluding ortho intramolecular Hbond substituents is 1. The number of alkyl halides is 2. The van der Waals surface area contributed by atoms with Gasteiger partial charge in [0.25, 0.3) is 0 Å². The van der Waals surface area contributed by atoms with Crippen molar-refractivity contribution in [2.24, 2.45) is 0 Å². The zero-order valence-electron chi connectivity index (χ0n) is 14.8. The Morgan fingerprint density at radius 2 is 1.74 bits per heavy atom. The first kappa shape index (κ1) is 17.4. The van der Waals surface area contributed by atoms with Crippen molar-refractivity contribution in [1.29, 1.82) is 0 Å². The van der Waals surface area contributed by atoms with Crippen LogP contribution in [0.4, 0.5) is 8.78 Å². The summed E-state index contributed by atoms with van der Waals surface area (Å²) in [5.74, 6) is 0.497. The molecule has 0 amide bonds. The van der Waals surface area contributed by atoms with Gasteiger partial charge in [-0.2, -0.15) is 8.78 Å². The van der Waals surface area contributed by atoms with Gasteiger partial charge in [0, 0.05) is 12.1 Å². The van der Waals surface area contributed by atoms with E-state index in [4.69, 9.17) is 0 Å². The lowest BCUT2D eigenvalue weighted by molar-refractivity contribution is 0.0689. The maximum atomic E-state index is 13.6. The third-order valence-corrected chi connectivity index (χ3v) is 4.72. The fourth-order valence-electron chi connectivity index (χ4n) is 3.48. The first-order valence-electron chi connectivity index (χ1n) is 8.66. The molecule has 0 unspecified atom stereocenters. The van der Waals surface area contributed by atoms with E-state index in [2.05, 4.69) is 4.98 Å². The van der Waals surface area contributed by atoms with Crippen LogP contribution in [0.1, 0.15) is 17.9 Å². The van der Waals surface area contributed by atoms with Crippen LogP contribution in [0, 0.1) is 0 Å². The molecule has 0 spiro atoms. The molecule has 4 rings (SSSR count). The summed E-state index contributed by atoms with van der Waals surface area (Å²) in [5.41, 5.74) is 1.74. The van der Waals surface area contributed by atoms with Crippen LogP contribution in [0.25, 0.3) is 21.8 Å². The van der Waals surface area contributed by atoms with E-state index >= 15 is 0 Å². The Bertz CT molecular complexity index is 1110. The van der Waals surface area contributed by atoms with Gasteiger partial charge in [0.2, 0.25) is 0 Å². The molecule has 0 atom stereocenters. The van der Waals surface area contributed by atoms with Gasteiger partial charge in [0.05, 0.1) is 17.6 Å². The van der Waals surface area contributed by atoms with Crippen LogP contribution in [0.3, 0.4) is 0 Å². The van der Waals surface area contributed by atoms with E-state index in [0.29, 0.717) is 23.4 Å². The Labute approximate surface area is 155 Å². The van der Waals surface area contributed by atoms with Crippen molar-refractivity contribution in [1.82, 2.24) is 14.5 Å². The smallest absolute Gasteiger partial charge is 0.320 e. The normalized spacial score (nSPS) is 11.9. The van der Waals surface area contributed by atoms with E-state index < -0.39 is 6.55 Å². The number of imidazole rings is 1. The number of aromatic hydroxyl groups is 1. The topological polar surface area (TPSA) is 41.3 Å². The standard InChI is InChI=1S/C21H19F2N3O/c1-25(12-16-15-7-3-2-6-14(15)10-11-19(16)27)13-20-24-17-8-4-5-9-18(17)26(20)21(22)23/h2-11,21,27H,12-13H2,1H3. The van der Waals surface area contributed by atoms with Crippen molar-refractivity contribution >= 4 is 21.8 Å². The van der Waals surface area contributed by atoms with Gasteiger partial charge in [-0.15, -0.1) is 0 Å². The molecule has 0 radical (unpaired) electrons. The third kappa shape index (κ3) is 3.24. The van der Waals surface area contributed by atoms with E-state index in [9.17, 15) is 13.9 Å². The van der Waals surface area contributed by atoms with Gasteiger partial charge >= 0.3 is 6.55 Å². The van der Waals surface area contributed by atoms with Crippen LogP contribution >= 0.6 is 0 Å². The summed E-state index contributed by atoms with van der Waals surface area (Å²) in [7, 11) is 1.83. The predicted octanol–water partition coefficient (Wildman–Crippen LogP) is 4.92. The van der Waals surface area contributed by atoms with Crippen LogP contribution in [0.15, 0.2) is 60.7 Å². The van der Waals surface area contributed by atoms with Crippen molar-refractivity contribution in [3.05, 3.63) is 72.1 Å². The highest BCUT2D eigenvalue weighted by atomic mass is 19.3. The molecule has 1 N–H and O–H groups in total. The highest BCUT2D eigenvalue weighted by molar-refractivity contribution is 5.87. The largest absolute Gasteiger partial charge is 0.508 e. The Morgan fingerprint density at radius 1 is 1.00 bits per heavy atom. The second-order valence-corrected chi connectivity index (χ2v) is 6.62. The van der Waals surface area contributed by atoms with E-state index in [1.165, 1.54) is 0 Å². The van der Waals surface area contributed by atoms with Crippen LogP contribution in [0.2, 0.25) is 0 Å². The van der Waals surface area contributed by atoms with Gasteiger partial charge in [-0.1, -0.05) is 42.5 Å². The number of rotatable bonds is 5. The number of nitrogens with zero attached hydrogens (tertiary/aromatic N) is 3. The van der Waals surface area contributed by atoms with Gasteiger partial charge in [0.1, 0.15) is 11.6 Å². The molecule has 1 aromatic heterocycles. The SMILES string of the molecule is CN(Cc1c(O)ccc2ccccc12)Cc1nc2ccccc2n1C(F)F. The summed E-state index contributed by atoms with van der Waals surface area (Å²) in [4.78, 5) is 6.26. The van der Waals surface area contributed by atoms with Crippen molar-refractivity contribution in [2.75, 3.05) is 7.05 Å². The number of hydrogen-bond donors (Lipinski definition) is 1. The predicted molar refractivity (Wildman–Crippen MR) is 102 cm³/mol. The number of phenols is 1. The van der Waals surface area contributed by atoms with Crippen molar-refractivity contribution in [3.63, 3.8) is 0 Å². The molecule has 0 aliphatic heterocycles. The highest BCUT2D eigenvalue weighted by Gasteiger charge is 2.19. The molecule has 27 heavy (non-hydrogen) atoms. The van der Waals surface area contributed by atoms with Crippen molar-refractivity contribution in [3.8, 4) is 5.75 Å². The molecule has 4 aromatic rings. The molecular weight excluding hydrogens is 348 g/mol. The highest BCUT2D eigenvalue weighted by Crippen LogP contribution is 2.29. The molecule has 0 aliphatic rings. The molecule has 1 heterocycles. The van der Waals surface area contributed by atoms with E-state index in [1.54, 1.807) is 30.3 Å². The molecular formula is C21H19F2N3O. The lowest BCUT2D eigenvalue weighted by Gasteiger charge is -2.19. The number of fused-ring (bicyclic) bond motifs is 2. The van der Waals surface area contributed by atoms with Gasteiger partial charge in [0.15, 0.2) is 0 Å². The molecule has 3 aromatic carbocycles. The summed E-state index contributed by atoms with van der Waals surface area (Å²) in [6.45, 7) is -2.01. The monoisotopic (exact) mass is 367 g/mol. The minimum absolute atomic E-state index is 0.197. The maximum Gasteiger partial charge on any atom is 0.320 e. The van der Waals surface area contributed by atoms with E-state index in [-0.39, 0.29) is 12.3 Å². The average molecular weight is 367 g/mol. The van der Waals surface area contributed by atoms with Gasteiger partial charge in [-0.3, -0.25) is 9.47 Å². The van der Waals surface area contributed by atoms with Crippen molar-refractivity contribution < 1.29 is 13.9 Å². The Kier molecular flexibility index (Phi) is 4.49. The Balaban J connectivity index is 1.66. The van der Waals surface area contributed by atoms with Crippen molar-refractivity contribution in [2.45, 2.75) is 19.6 Å². The van der Waals surface area contributed by atoms with Crippen LogP contribution in [0.5, 0.6) is 5.75 Å². The summed E-state index contributed by atoms with van der Waals surface area (Å²) >= 11 is 0. The van der Waals surface area contributed by atoms with E-state index in [0.717, 1.165) is 20.9 Å². The number of para-hydroxylation sites is 2. The quantitative estimate of drug-likeness (QED) is 0.544. The molecule has 6 heteroatoms. The number of benzene rings is 3. The first-order chi connectivity index (χ1) is 13.0. The minimum Gasteiger partial charge on any atom is -0.508 e. The van der Waals surface area contributed by atoms with Crippen LogP contribution in [-0.4, -0.2) is 26.6 Å². The summed E-state index contributed by atoms with van der Waals surface area (Å²) in [6.07, 6.45) is 0. The zero-order valence-corrected chi connectivity index (χ0v) is 14.8. The third-order valence-electron chi connectivity index (χ3n) is 4.72. The summed E-state index contributed by atoms with van der Waals surface area (Å²) in [6, 6.07) is 18.2. The minimum atomic E-state index is -2.66. The molecule has 0 fully saturated rings. The molecule has 0 bridgehead atoms. The van der Waals surface area contributed by atoms with E-state index in [1.807, 2.05) is 42.3 Å². The fraction of sp³-hybridized carbons (Fsp3) is 0.190. The number of halogens is 2. The molecule has 0 aliphatic carbocycles. The van der Waals surface area contributed by atoms with Gasteiger partial charge in [-0.25, -0.2) is 4.98 Å². The number of aromatic nitrogens is 2. The maximum absolute atomic E-state index is 13.6. The zero-order chi connectivity index (χ0) is 19.0. The Morgan fingerprint density at radius 3 is 2.56 bits per heavy atom. The summed E-state index contributed by atoms with van der Waals surface area (Å²) < 4.78 is 28.2. The molecule has 4 nitrogen and oxygen atoms in total. The number of hydrogen-bond acceptors (Lipinski definition) is 3. The fourth-order valence-corrected chi connectivity index (χ4v) is 3.48. The van der Waals surface area contributed by atoms with Crippen LogP contribution < -0.4 is 0 Å². The lowest BCUT2D eigenvalue weighted by Crippen LogP contribution is -2.20. The first-order valence-corrected chi connectivity index (χ1v) is 8.66. The Hall–Kier alpha value is -2.99. The lowest BCUT2D eigenvalue weighted by atomic mass is 10.0. The second-order valence-electron chi connectivity index (χ2n) is 6.62. The molecule has 138 valence electrons. The molecule has 0 saturated carbocycles. The summed E-state index contributed by atoms with van der Waals surface area (Å²) in [5, 5.41) is 12.3. The second kappa shape index (κ2) is 6.96. The molecule has 0 saturated heterocycles. The average Bonchev–Trinajstić information content (AvgIpc) is 3.02. The van der Waals surface area contributed by atoms with Gasteiger partial charge < -0.3 is 5.11 Å².